The Morgan fingerprint density at radius 2 is 1.78 bits per heavy atom. The third-order valence-corrected chi connectivity index (χ3v) is 4.88. The molecule has 1 aromatic heterocycles. The highest BCUT2D eigenvalue weighted by Crippen LogP contribution is 2.30. The molecule has 154 valence electrons. The zero-order valence-corrected chi connectivity index (χ0v) is 17.3. The Morgan fingerprint density at radius 1 is 1.22 bits per heavy atom. The summed E-state index contributed by atoms with van der Waals surface area (Å²) >= 11 is 0. The molecule has 1 aliphatic rings. The molecule has 0 bridgehead atoms. The van der Waals surface area contributed by atoms with Gasteiger partial charge in [-0.05, 0) is 34.6 Å². The highest BCUT2D eigenvalue weighted by molar-refractivity contribution is 7.89. The summed E-state index contributed by atoms with van der Waals surface area (Å²) in [6.07, 6.45) is -0.353. The van der Waals surface area contributed by atoms with Crippen molar-refractivity contribution in [3.05, 3.63) is 17.4 Å². The number of primary sulfonamides is 1. The second kappa shape index (κ2) is 7.42. The summed E-state index contributed by atoms with van der Waals surface area (Å²) in [4.78, 5) is 15.8. The van der Waals surface area contributed by atoms with Gasteiger partial charge in [-0.25, -0.2) is 18.4 Å². The van der Waals surface area contributed by atoms with E-state index < -0.39 is 21.2 Å². The highest BCUT2D eigenvalue weighted by atomic mass is 32.2. The van der Waals surface area contributed by atoms with Crippen LogP contribution in [0.3, 0.4) is 0 Å². The molecule has 0 unspecified atom stereocenters. The van der Waals surface area contributed by atoms with E-state index in [0.717, 1.165) is 0 Å². The second-order valence-corrected chi connectivity index (χ2v) is 9.74. The third-order valence-electron chi connectivity index (χ3n) is 4.12. The smallest absolute Gasteiger partial charge is 0.410 e. The van der Waals surface area contributed by atoms with Crippen LogP contribution in [-0.2, 0) is 26.9 Å². The zero-order valence-electron chi connectivity index (χ0n) is 16.5. The lowest BCUT2D eigenvalue weighted by Gasteiger charge is -2.35. The summed E-state index contributed by atoms with van der Waals surface area (Å²) in [5.41, 5.74) is -1.45. The number of carbonyl (C=O) groups is 1. The predicted octanol–water partition coefficient (Wildman–Crippen LogP) is 1.21. The number of hydrogen-bond donors (Lipinski definition) is 2. The normalized spacial score (nSPS) is 17.2. The lowest BCUT2D eigenvalue weighted by Crippen LogP contribution is -2.49. The first-order valence-electron chi connectivity index (χ1n) is 8.75. The molecule has 9 nitrogen and oxygen atoms in total. The Labute approximate surface area is 160 Å². The fraction of sp³-hybridized carbons (Fsp3) is 0.706. The van der Waals surface area contributed by atoms with E-state index >= 15 is 0 Å². The second-order valence-electron chi connectivity index (χ2n) is 8.25. The maximum absolute atomic E-state index is 12.1. The molecule has 2 heterocycles. The van der Waals surface area contributed by atoms with Gasteiger partial charge in [-0.3, -0.25) is 4.90 Å². The number of piperazine rings is 1. The molecular weight excluding hydrogens is 374 g/mol. The average Bonchev–Trinajstić information content (AvgIpc) is 2.90. The van der Waals surface area contributed by atoms with Crippen molar-refractivity contribution >= 4 is 16.1 Å². The van der Waals surface area contributed by atoms with Crippen molar-refractivity contribution in [3.8, 4) is 0 Å². The van der Waals surface area contributed by atoms with E-state index in [4.69, 9.17) is 14.3 Å². The van der Waals surface area contributed by atoms with Crippen LogP contribution in [0.4, 0.5) is 4.79 Å². The maximum Gasteiger partial charge on any atom is 0.410 e. The molecule has 10 heteroatoms. The van der Waals surface area contributed by atoms with Gasteiger partial charge in [0.2, 0.25) is 5.09 Å². The first-order chi connectivity index (χ1) is 12.2. The fourth-order valence-corrected chi connectivity index (χ4v) is 3.30. The van der Waals surface area contributed by atoms with Crippen LogP contribution < -0.4 is 5.14 Å². The largest absolute Gasteiger partial charge is 0.446 e. The lowest BCUT2D eigenvalue weighted by atomic mass is 9.98. The Hall–Kier alpha value is -1.62. The molecule has 0 atom stereocenters. The quantitative estimate of drug-likeness (QED) is 0.773. The third kappa shape index (κ3) is 5.93. The number of sulfonamides is 1. The standard InChI is InChI=1S/C17H29N3O6S/c1-16(2,3)26-15(21)20-8-6-19(7-9-20)11-13-12(17(4,5)22)10-14(25-13)27(18,23)24/h10,22H,6-9,11H2,1-5H3,(H2,18,23,24). The molecule has 1 aromatic rings. The molecule has 2 rings (SSSR count). The molecule has 1 saturated heterocycles. The number of ether oxygens (including phenoxy) is 1. The lowest BCUT2D eigenvalue weighted by molar-refractivity contribution is 0.0131. The summed E-state index contributed by atoms with van der Waals surface area (Å²) in [5.74, 6) is 0.345. The molecule has 1 amide bonds. The first-order valence-corrected chi connectivity index (χ1v) is 10.3. The Morgan fingerprint density at radius 3 is 2.22 bits per heavy atom. The fourth-order valence-electron chi connectivity index (χ4n) is 2.80. The predicted molar refractivity (Wildman–Crippen MR) is 98.4 cm³/mol. The number of hydrogen-bond acceptors (Lipinski definition) is 7. The van der Waals surface area contributed by atoms with Crippen LogP contribution in [-0.4, -0.2) is 61.2 Å². The van der Waals surface area contributed by atoms with Crippen LogP contribution in [0.2, 0.25) is 0 Å². The number of nitrogens with zero attached hydrogens (tertiary/aromatic N) is 2. The summed E-state index contributed by atoms with van der Waals surface area (Å²) < 4.78 is 34.0. The van der Waals surface area contributed by atoms with Crippen LogP contribution in [0, 0.1) is 0 Å². The number of nitrogens with two attached hydrogens (primary N) is 1. The van der Waals surface area contributed by atoms with Gasteiger partial charge in [-0.15, -0.1) is 0 Å². The van der Waals surface area contributed by atoms with Gasteiger partial charge in [0.15, 0.2) is 0 Å². The Kier molecular flexibility index (Phi) is 5.96. The van der Waals surface area contributed by atoms with Crippen molar-refractivity contribution in [1.29, 1.82) is 0 Å². The molecule has 1 aliphatic heterocycles. The van der Waals surface area contributed by atoms with Gasteiger partial charge in [-0.2, -0.15) is 0 Å². The van der Waals surface area contributed by atoms with E-state index in [1.54, 1.807) is 18.7 Å². The minimum atomic E-state index is -4.01. The molecule has 0 saturated carbocycles. The molecule has 27 heavy (non-hydrogen) atoms. The zero-order chi connectivity index (χ0) is 20.6. The van der Waals surface area contributed by atoms with Crippen molar-refractivity contribution in [2.45, 2.75) is 57.5 Å². The molecule has 3 N–H and O–H groups in total. The summed E-state index contributed by atoms with van der Waals surface area (Å²) in [6.45, 7) is 11.0. The minimum absolute atomic E-state index is 0.303. The van der Waals surface area contributed by atoms with Crippen LogP contribution in [0.15, 0.2) is 15.6 Å². The number of furan rings is 1. The van der Waals surface area contributed by atoms with Crippen molar-refractivity contribution in [2.75, 3.05) is 26.2 Å². The minimum Gasteiger partial charge on any atom is -0.446 e. The van der Waals surface area contributed by atoms with Gasteiger partial charge in [0.05, 0.1) is 12.1 Å². The number of carbonyl (C=O) groups excluding carboxylic acids is 1. The Bertz CT molecular complexity index is 781. The van der Waals surface area contributed by atoms with E-state index in [1.165, 1.54) is 6.07 Å². The van der Waals surface area contributed by atoms with Crippen LogP contribution in [0.1, 0.15) is 45.9 Å². The van der Waals surface area contributed by atoms with Gasteiger partial charge in [-0.1, -0.05) is 0 Å². The van der Waals surface area contributed by atoms with Crippen molar-refractivity contribution in [3.63, 3.8) is 0 Å². The molecule has 1 fully saturated rings. The number of aliphatic hydroxyl groups is 1. The molecule has 0 spiro atoms. The van der Waals surface area contributed by atoms with Crippen LogP contribution in [0.25, 0.3) is 0 Å². The van der Waals surface area contributed by atoms with Gasteiger partial charge >= 0.3 is 6.09 Å². The average molecular weight is 404 g/mol. The van der Waals surface area contributed by atoms with Crippen molar-refractivity contribution < 1.29 is 27.5 Å². The van der Waals surface area contributed by atoms with Crippen LogP contribution >= 0.6 is 0 Å². The Balaban J connectivity index is 2.07. The monoisotopic (exact) mass is 403 g/mol. The SMILES string of the molecule is CC(C)(C)OC(=O)N1CCN(Cc2oc(S(N)(=O)=O)cc2C(C)(C)O)CC1. The molecule has 0 radical (unpaired) electrons. The van der Waals surface area contributed by atoms with Gasteiger partial charge in [0.25, 0.3) is 10.0 Å². The van der Waals surface area contributed by atoms with E-state index in [2.05, 4.69) is 0 Å². The van der Waals surface area contributed by atoms with Gasteiger partial charge < -0.3 is 19.2 Å². The topological polar surface area (TPSA) is 126 Å². The first kappa shape index (κ1) is 21.7. The van der Waals surface area contributed by atoms with E-state index in [1.807, 2.05) is 25.7 Å². The molecular formula is C17H29N3O6S. The summed E-state index contributed by atoms with van der Waals surface area (Å²) in [7, 11) is -4.01. The van der Waals surface area contributed by atoms with Crippen molar-refractivity contribution in [1.82, 2.24) is 9.80 Å². The molecule has 0 aromatic carbocycles. The number of rotatable bonds is 4. The van der Waals surface area contributed by atoms with E-state index in [0.29, 0.717) is 44.0 Å². The van der Waals surface area contributed by atoms with E-state index in [-0.39, 0.29) is 11.2 Å². The van der Waals surface area contributed by atoms with Crippen molar-refractivity contribution in [2.24, 2.45) is 5.14 Å². The van der Waals surface area contributed by atoms with Crippen LogP contribution in [0.5, 0.6) is 0 Å². The van der Waals surface area contributed by atoms with Gasteiger partial charge in [0.1, 0.15) is 11.4 Å². The maximum atomic E-state index is 12.1. The highest BCUT2D eigenvalue weighted by Gasteiger charge is 2.31. The number of amides is 1. The van der Waals surface area contributed by atoms with E-state index in [9.17, 15) is 18.3 Å². The summed E-state index contributed by atoms with van der Waals surface area (Å²) in [5, 5.41) is 15.1. The molecule has 0 aliphatic carbocycles. The van der Waals surface area contributed by atoms with Gasteiger partial charge in [0, 0.05) is 37.8 Å². The summed E-state index contributed by atoms with van der Waals surface area (Å²) in [6, 6.07) is 1.27.